The van der Waals surface area contributed by atoms with E-state index in [1.807, 2.05) is 31.2 Å². The molecule has 22 heavy (non-hydrogen) atoms. The molecule has 2 rings (SSSR count). The molecule has 6 nitrogen and oxygen atoms in total. The van der Waals surface area contributed by atoms with Crippen molar-refractivity contribution in [1.82, 2.24) is 9.80 Å². The highest BCUT2D eigenvalue weighted by Crippen LogP contribution is 2.16. The zero-order valence-electron chi connectivity index (χ0n) is 13.3. The largest absolute Gasteiger partial charge is 0.494 e. The molecule has 2 N–H and O–H groups in total. The number of carbonyl (C=O) groups excluding carboxylic acids is 1. The first-order valence-electron chi connectivity index (χ1n) is 7.77. The fourth-order valence-electron chi connectivity index (χ4n) is 2.51. The summed E-state index contributed by atoms with van der Waals surface area (Å²) < 4.78 is 5.38. The van der Waals surface area contributed by atoms with Crippen LogP contribution in [0.5, 0.6) is 5.75 Å². The molecule has 1 aromatic carbocycles. The molecule has 0 spiro atoms. The number of anilines is 1. The molecule has 1 unspecified atom stereocenters. The van der Waals surface area contributed by atoms with E-state index in [4.69, 9.17) is 4.74 Å². The number of aliphatic hydroxyl groups excluding tert-OH is 1. The third-order valence-corrected chi connectivity index (χ3v) is 3.60. The standard InChI is InChI=1S/C16H25N3O3/c1-3-22-15-6-4-14(5-7-15)17-16(21)19-10-8-18(9-11-19)12-13(2)20/h4-7,13,20H,3,8-12H2,1-2H3,(H,17,21). The van der Waals surface area contributed by atoms with Crippen LogP contribution in [0.4, 0.5) is 10.5 Å². The second-order valence-electron chi connectivity index (χ2n) is 5.52. The number of benzene rings is 1. The van der Waals surface area contributed by atoms with Gasteiger partial charge in [-0.25, -0.2) is 4.79 Å². The minimum atomic E-state index is -0.329. The molecule has 0 saturated carbocycles. The highest BCUT2D eigenvalue weighted by Gasteiger charge is 2.21. The van der Waals surface area contributed by atoms with Crippen molar-refractivity contribution in [3.63, 3.8) is 0 Å². The van der Waals surface area contributed by atoms with Crippen LogP contribution in [-0.2, 0) is 0 Å². The van der Waals surface area contributed by atoms with Crippen molar-refractivity contribution in [3.05, 3.63) is 24.3 Å². The van der Waals surface area contributed by atoms with E-state index < -0.39 is 0 Å². The van der Waals surface area contributed by atoms with Gasteiger partial charge in [0.25, 0.3) is 0 Å². The summed E-state index contributed by atoms with van der Waals surface area (Å²) in [7, 11) is 0. The lowest BCUT2D eigenvalue weighted by molar-refractivity contribution is 0.0924. The van der Waals surface area contributed by atoms with Gasteiger partial charge in [-0.1, -0.05) is 0 Å². The summed E-state index contributed by atoms with van der Waals surface area (Å²) in [5.74, 6) is 0.798. The lowest BCUT2D eigenvalue weighted by Crippen LogP contribution is -2.51. The van der Waals surface area contributed by atoms with Crippen LogP contribution in [0, 0.1) is 0 Å². The molecule has 0 bridgehead atoms. The van der Waals surface area contributed by atoms with Gasteiger partial charge in [0, 0.05) is 38.4 Å². The quantitative estimate of drug-likeness (QED) is 0.867. The third-order valence-electron chi connectivity index (χ3n) is 3.60. The summed E-state index contributed by atoms with van der Waals surface area (Å²) in [6.07, 6.45) is -0.329. The molecule has 1 fully saturated rings. The first-order valence-corrected chi connectivity index (χ1v) is 7.77. The van der Waals surface area contributed by atoms with Crippen molar-refractivity contribution in [1.29, 1.82) is 0 Å². The topological polar surface area (TPSA) is 65.0 Å². The summed E-state index contributed by atoms with van der Waals surface area (Å²) in [5.41, 5.74) is 0.764. The lowest BCUT2D eigenvalue weighted by Gasteiger charge is -2.35. The molecule has 0 aliphatic carbocycles. The second-order valence-corrected chi connectivity index (χ2v) is 5.52. The van der Waals surface area contributed by atoms with Gasteiger partial charge in [-0.15, -0.1) is 0 Å². The first-order chi connectivity index (χ1) is 10.6. The predicted molar refractivity (Wildman–Crippen MR) is 86.3 cm³/mol. The lowest BCUT2D eigenvalue weighted by atomic mass is 10.3. The summed E-state index contributed by atoms with van der Waals surface area (Å²) in [4.78, 5) is 16.2. The number of rotatable bonds is 5. The molecular formula is C16H25N3O3. The molecular weight excluding hydrogens is 282 g/mol. The molecule has 2 amide bonds. The van der Waals surface area contributed by atoms with E-state index in [-0.39, 0.29) is 12.1 Å². The number of hydrogen-bond donors (Lipinski definition) is 2. The van der Waals surface area contributed by atoms with Crippen LogP contribution in [0.2, 0.25) is 0 Å². The predicted octanol–water partition coefficient (Wildman–Crippen LogP) is 1.62. The second kappa shape index (κ2) is 8.00. The zero-order valence-corrected chi connectivity index (χ0v) is 13.3. The Morgan fingerprint density at radius 3 is 2.45 bits per heavy atom. The van der Waals surface area contributed by atoms with Gasteiger partial charge in [-0.2, -0.15) is 0 Å². The van der Waals surface area contributed by atoms with E-state index in [0.29, 0.717) is 26.2 Å². The Kier molecular flexibility index (Phi) is 6.03. The number of β-amino-alcohol motifs (C(OH)–C–C–N with tert-alkyl or cyclic N) is 1. The number of nitrogens with zero attached hydrogens (tertiary/aromatic N) is 2. The summed E-state index contributed by atoms with van der Waals surface area (Å²) >= 11 is 0. The van der Waals surface area contributed by atoms with Gasteiger partial charge in [0.15, 0.2) is 0 Å². The number of amides is 2. The van der Waals surface area contributed by atoms with Crippen molar-refractivity contribution >= 4 is 11.7 Å². The van der Waals surface area contributed by atoms with E-state index in [1.54, 1.807) is 11.8 Å². The first kappa shape index (κ1) is 16.6. The third kappa shape index (κ3) is 4.89. The minimum absolute atomic E-state index is 0.0825. The van der Waals surface area contributed by atoms with Gasteiger partial charge in [-0.3, -0.25) is 4.90 Å². The fourth-order valence-corrected chi connectivity index (χ4v) is 2.51. The molecule has 1 heterocycles. The molecule has 1 aliphatic heterocycles. The van der Waals surface area contributed by atoms with Crippen molar-refractivity contribution in [2.45, 2.75) is 20.0 Å². The monoisotopic (exact) mass is 307 g/mol. The maximum atomic E-state index is 12.2. The van der Waals surface area contributed by atoms with E-state index in [9.17, 15) is 9.90 Å². The summed E-state index contributed by atoms with van der Waals surface area (Å²) in [6, 6.07) is 7.29. The van der Waals surface area contributed by atoms with Crippen LogP contribution in [0.1, 0.15) is 13.8 Å². The van der Waals surface area contributed by atoms with Crippen LogP contribution >= 0.6 is 0 Å². The van der Waals surface area contributed by atoms with Crippen LogP contribution in [0.3, 0.4) is 0 Å². The Balaban J connectivity index is 1.80. The number of carbonyl (C=O) groups is 1. The average molecular weight is 307 g/mol. The van der Waals surface area contributed by atoms with Gasteiger partial charge in [0.2, 0.25) is 0 Å². The number of nitrogens with one attached hydrogen (secondary N) is 1. The van der Waals surface area contributed by atoms with Gasteiger partial charge in [0.1, 0.15) is 5.75 Å². The number of ether oxygens (including phenoxy) is 1. The van der Waals surface area contributed by atoms with Crippen LogP contribution in [0.15, 0.2) is 24.3 Å². The minimum Gasteiger partial charge on any atom is -0.494 e. The maximum absolute atomic E-state index is 12.2. The molecule has 0 aromatic heterocycles. The Hall–Kier alpha value is -1.79. The molecule has 1 atom stereocenters. The average Bonchev–Trinajstić information content (AvgIpc) is 2.49. The normalized spacial score (nSPS) is 17.1. The Labute approximate surface area is 131 Å². The number of urea groups is 1. The highest BCUT2D eigenvalue weighted by molar-refractivity contribution is 5.89. The Morgan fingerprint density at radius 1 is 1.27 bits per heavy atom. The van der Waals surface area contributed by atoms with Crippen LogP contribution < -0.4 is 10.1 Å². The molecule has 1 saturated heterocycles. The van der Waals surface area contributed by atoms with E-state index >= 15 is 0 Å². The Bertz CT molecular complexity index is 468. The van der Waals surface area contributed by atoms with Crippen molar-refractivity contribution < 1.29 is 14.6 Å². The molecule has 0 radical (unpaired) electrons. The van der Waals surface area contributed by atoms with Crippen molar-refractivity contribution in [2.24, 2.45) is 0 Å². The van der Waals surface area contributed by atoms with Crippen molar-refractivity contribution in [2.75, 3.05) is 44.6 Å². The maximum Gasteiger partial charge on any atom is 0.321 e. The number of aliphatic hydroxyl groups is 1. The molecule has 1 aromatic rings. The smallest absolute Gasteiger partial charge is 0.321 e. The van der Waals surface area contributed by atoms with Gasteiger partial charge in [0.05, 0.1) is 12.7 Å². The SMILES string of the molecule is CCOc1ccc(NC(=O)N2CCN(CC(C)O)CC2)cc1. The van der Waals surface area contributed by atoms with Gasteiger partial charge < -0.3 is 20.1 Å². The van der Waals surface area contributed by atoms with Crippen molar-refractivity contribution in [3.8, 4) is 5.75 Å². The fraction of sp³-hybridized carbons (Fsp3) is 0.562. The van der Waals surface area contributed by atoms with E-state index in [1.165, 1.54) is 0 Å². The Morgan fingerprint density at radius 2 is 1.91 bits per heavy atom. The van der Waals surface area contributed by atoms with Gasteiger partial charge >= 0.3 is 6.03 Å². The highest BCUT2D eigenvalue weighted by atomic mass is 16.5. The molecule has 6 heteroatoms. The molecule has 1 aliphatic rings. The summed E-state index contributed by atoms with van der Waals surface area (Å²) in [6.45, 7) is 7.95. The van der Waals surface area contributed by atoms with Crippen LogP contribution in [-0.4, -0.2) is 66.4 Å². The molecule has 122 valence electrons. The van der Waals surface area contributed by atoms with Crippen LogP contribution in [0.25, 0.3) is 0 Å². The van der Waals surface area contributed by atoms with E-state index in [0.717, 1.165) is 24.5 Å². The number of piperazine rings is 1. The summed E-state index contributed by atoms with van der Waals surface area (Å²) in [5, 5.41) is 12.3. The zero-order chi connectivity index (χ0) is 15.9. The van der Waals surface area contributed by atoms with Gasteiger partial charge in [-0.05, 0) is 38.1 Å². The number of hydrogen-bond acceptors (Lipinski definition) is 4. The van der Waals surface area contributed by atoms with E-state index in [2.05, 4.69) is 10.2 Å².